The first-order chi connectivity index (χ1) is 11.1. The lowest BCUT2D eigenvalue weighted by molar-refractivity contribution is -0.128. The second-order valence-electron chi connectivity index (χ2n) is 5.71. The van der Waals surface area contributed by atoms with Crippen molar-refractivity contribution in [2.45, 2.75) is 19.8 Å². The number of aryl methyl sites for hydroxylation is 1. The molecule has 3 N–H and O–H groups in total. The van der Waals surface area contributed by atoms with E-state index in [4.69, 9.17) is 5.73 Å². The minimum Gasteiger partial charge on any atom is -0.375 e. The van der Waals surface area contributed by atoms with Crippen molar-refractivity contribution in [2.24, 2.45) is 0 Å². The van der Waals surface area contributed by atoms with Crippen molar-refractivity contribution < 1.29 is 4.79 Å². The lowest BCUT2D eigenvalue weighted by Crippen LogP contribution is -2.32. The van der Waals surface area contributed by atoms with Crippen LogP contribution in [-0.2, 0) is 4.79 Å². The van der Waals surface area contributed by atoms with Crippen molar-refractivity contribution in [1.29, 1.82) is 0 Å². The summed E-state index contributed by atoms with van der Waals surface area (Å²) in [6, 6.07) is 2.08. The van der Waals surface area contributed by atoms with E-state index in [1.807, 2.05) is 11.8 Å². The van der Waals surface area contributed by atoms with Gasteiger partial charge in [-0.1, -0.05) is 22.7 Å². The molecule has 8 heteroatoms. The van der Waals surface area contributed by atoms with Crippen molar-refractivity contribution in [3.63, 3.8) is 0 Å². The highest BCUT2D eigenvalue weighted by atomic mass is 32.1. The standard InChI is InChI=1S/C15H17N5OS2/c1-8-12-9(22-14(16)18-12)6-10-13(8)19-15(23-10)17-7-11(21)20-4-2-3-5-20/h6H,2-5,7H2,1H3,(H2,16,18)(H,17,19). The molecular weight excluding hydrogens is 330 g/mol. The Morgan fingerprint density at radius 1 is 1.26 bits per heavy atom. The van der Waals surface area contributed by atoms with Crippen LogP contribution in [0.1, 0.15) is 18.4 Å². The Morgan fingerprint density at radius 2 is 1.96 bits per heavy atom. The van der Waals surface area contributed by atoms with E-state index in [0.717, 1.165) is 57.1 Å². The van der Waals surface area contributed by atoms with Gasteiger partial charge in [-0.25, -0.2) is 9.97 Å². The van der Waals surface area contributed by atoms with E-state index in [9.17, 15) is 4.79 Å². The van der Waals surface area contributed by atoms with Crippen molar-refractivity contribution in [1.82, 2.24) is 14.9 Å². The summed E-state index contributed by atoms with van der Waals surface area (Å²) >= 11 is 3.05. The number of benzene rings is 1. The van der Waals surface area contributed by atoms with Crippen LogP contribution in [0.2, 0.25) is 0 Å². The molecule has 4 rings (SSSR count). The van der Waals surface area contributed by atoms with Crippen LogP contribution in [0.25, 0.3) is 20.4 Å². The summed E-state index contributed by atoms with van der Waals surface area (Å²) in [5, 5.41) is 4.53. The molecule has 3 heterocycles. The number of amides is 1. The molecule has 1 aliphatic heterocycles. The molecule has 0 aliphatic carbocycles. The summed E-state index contributed by atoms with van der Waals surface area (Å²) in [6.07, 6.45) is 2.22. The molecule has 1 saturated heterocycles. The minimum atomic E-state index is 0.147. The number of carbonyl (C=O) groups is 1. The maximum absolute atomic E-state index is 12.1. The van der Waals surface area contributed by atoms with E-state index in [-0.39, 0.29) is 5.91 Å². The first-order valence-electron chi connectivity index (χ1n) is 7.59. The molecule has 2 aromatic heterocycles. The van der Waals surface area contributed by atoms with Gasteiger partial charge in [-0.15, -0.1) is 0 Å². The summed E-state index contributed by atoms with van der Waals surface area (Å²) in [5.74, 6) is 0.147. The van der Waals surface area contributed by atoms with Crippen LogP contribution in [0.15, 0.2) is 6.07 Å². The second-order valence-corrected chi connectivity index (χ2v) is 7.80. The minimum absolute atomic E-state index is 0.147. The highest BCUT2D eigenvalue weighted by Crippen LogP contribution is 2.36. The monoisotopic (exact) mass is 347 g/mol. The Labute approximate surface area is 141 Å². The fraction of sp³-hybridized carbons (Fsp3) is 0.400. The van der Waals surface area contributed by atoms with Crippen molar-refractivity contribution >= 4 is 59.3 Å². The fourth-order valence-electron chi connectivity index (χ4n) is 2.95. The maximum atomic E-state index is 12.1. The van der Waals surface area contributed by atoms with Gasteiger partial charge in [0.1, 0.15) is 0 Å². The number of rotatable bonds is 3. The number of nitrogens with one attached hydrogen (secondary N) is 1. The third-order valence-electron chi connectivity index (χ3n) is 4.15. The number of nitrogens with two attached hydrogens (primary N) is 1. The molecule has 1 fully saturated rings. The van der Waals surface area contributed by atoms with Gasteiger partial charge in [0.15, 0.2) is 10.3 Å². The van der Waals surface area contributed by atoms with Gasteiger partial charge >= 0.3 is 0 Å². The Bertz CT molecular complexity index is 894. The Morgan fingerprint density at radius 3 is 2.74 bits per heavy atom. The summed E-state index contributed by atoms with van der Waals surface area (Å²) in [5.41, 5.74) is 8.70. The van der Waals surface area contributed by atoms with Crippen LogP contribution < -0.4 is 11.1 Å². The molecule has 120 valence electrons. The molecule has 1 aliphatic rings. The van der Waals surface area contributed by atoms with Gasteiger partial charge in [-0.3, -0.25) is 4.79 Å². The van der Waals surface area contributed by atoms with Gasteiger partial charge in [0.2, 0.25) is 5.91 Å². The van der Waals surface area contributed by atoms with Crippen molar-refractivity contribution in [3.8, 4) is 0 Å². The van der Waals surface area contributed by atoms with E-state index in [1.54, 1.807) is 11.3 Å². The Hall–Kier alpha value is -1.93. The summed E-state index contributed by atoms with van der Waals surface area (Å²) in [6.45, 7) is 4.08. The number of carbonyl (C=O) groups excluding carboxylic acids is 1. The average molecular weight is 347 g/mol. The fourth-order valence-corrected chi connectivity index (χ4v) is 4.82. The lowest BCUT2D eigenvalue weighted by atomic mass is 10.2. The number of likely N-dealkylation sites (tertiary alicyclic amines) is 1. The van der Waals surface area contributed by atoms with Crippen LogP contribution in [0.4, 0.5) is 10.3 Å². The van der Waals surface area contributed by atoms with Crippen LogP contribution in [0.5, 0.6) is 0 Å². The van der Waals surface area contributed by atoms with E-state index in [1.165, 1.54) is 11.3 Å². The third kappa shape index (κ3) is 2.61. The molecule has 0 unspecified atom stereocenters. The molecule has 0 atom stereocenters. The molecule has 0 bridgehead atoms. The number of anilines is 2. The predicted octanol–water partition coefficient (Wildman–Crippen LogP) is 2.83. The molecule has 0 spiro atoms. The molecule has 23 heavy (non-hydrogen) atoms. The lowest BCUT2D eigenvalue weighted by Gasteiger charge is -2.14. The number of aromatic nitrogens is 2. The molecular formula is C15H17N5OS2. The normalized spacial score (nSPS) is 14.9. The topological polar surface area (TPSA) is 84.1 Å². The Balaban J connectivity index is 1.59. The quantitative estimate of drug-likeness (QED) is 0.761. The molecule has 1 amide bonds. The van der Waals surface area contributed by atoms with E-state index < -0.39 is 0 Å². The first-order valence-corrected chi connectivity index (χ1v) is 9.23. The smallest absolute Gasteiger partial charge is 0.241 e. The average Bonchev–Trinajstić information content (AvgIpc) is 3.23. The number of nitrogen functional groups attached to an aromatic ring is 1. The number of hydrogen-bond acceptors (Lipinski definition) is 7. The summed E-state index contributed by atoms with van der Waals surface area (Å²) < 4.78 is 2.17. The zero-order valence-electron chi connectivity index (χ0n) is 12.8. The van der Waals surface area contributed by atoms with Crippen LogP contribution in [0.3, 0.4) is 0 Å². The van der Waals surface area contributed by atoms with E-state index in [0.29, 0.717) is 11.7 Å². The number of hydrogen-bond donors (Lipinski definition) is 2. The van der Waals surface area contributed by atoms with Gasteiger partial charge in [-0.2, -0.15) is 0 Å². The van der Waals surface area contributed by atoms with Crippen LogP contribution in [0, 0.1) is 6.92 Å². The van der Waals surface area contributed by atoms with E-state index >= 15 is 0 Å². The molecule has 6 nitrogen and oxygen atoms in total. The number of thiazole rings is 2. The van der Waals surface area contributed by atoms with Crippen molar-refractivity contribution in [2.75, 3.05) is 30.7 Å². The maximum Gasteiger partial charge on any atom is 0.241 e. The summed E-state index contributed by atoms with van der Waals surface area (Å²) in [7, 11) is 0. The SMILES string of the molecule is Cc1c2nc(N)sc2cc2sc(NCC(=O)N3CCCC3)nc12. The highest BCUT2D eigenvalue weighted by Gasteiger charge is 2.18. The zero-order chi connectivity index (χ0) is 16.0. The molecule has 1 aromatic carbocycles. The molecule has 0 saturated carbocycles. The van der Waals surface area contributed by atoms with E-state index in [2.05, 4.69) is 21.4 Å². The highest BCUT2D eigenvalue weighted by molar-refractivity contribution is 7.24. The van der Waals surface area contributed by atoms with Crippen LogP contribution in [-0.4, -0.2) is 40.4 Å². The van der Waals surface area contributed by atoms with Crippen molar-refractivity contribution in [3.05, 3.63) is 11.6 Å². The number of fused-ring (bicyclic) bond motifs is 2. The summed E-state index contributed by atoms with van der Waals surface area (Å²) in [4.78, 5) is 23.0. The third-order valence-corrected chi connectivity index (χ3v) is 5.94. The van der Waals surface area contributed by atoms with Crippen LogP contribution >= 0.6 is 22.7 Å². The molecule has 0 radical (unpaired) electrons. The Kier molecular flexibility index (Phi) is 3.57. The van der Waals surface area contributed by atoms with Gasteiger partial charge in [0.05, 0.1) is 27.0 Å². The van der Waals surface area contributed by atoms with Gasteiger partial charge in [-0.05, 0) is 25.8 Å². The first kappa shape index (κ1) is 14.6. The molecule has 3 aromatic rings. The van der Waals surface area contributed by atoms with Gasteiger partial charge < -0.3 is 16.0 Å². The largest absolute Gasteiger partial charge is 0.375 e. The second kappa shape index (κ2) is 5.61. The number of nitrogens with zero attached hydrogens (tertiary/aromatic N) is 3. The van der Waals surface area contributed by atoms with Gasteiger partial charge in [0, 0.05) is 18.7 Å². The van der Waals surface area contributed by atoms with Gasteiger partial charge in [0.25, 0.3) is 0 Å². The predicted molar refractivity (Wildman–Crippen MR) is 96.3 cm³/mol. The zero-order valence-corrected chi connectivity index (χ0v) is 14.4.